The number of ether oxygens (including phenoxy) is 4. The Hall–Kier alpha value is -4.31. The number of unbranched alkanes of at least 4 members (excludes halogenated alkanes) is 30. The number of aliphatic carboxylic acids is 1. The summed E-state index contributed by atoms with van der Waals surface area (Å²) in [5, 5.41) is 11.8. The molecule has 0 saturated heterocycles. The van der Waals surface area contributed by atoms with E-state index in [0.717, 1.165) is 103 Å². The van der Waals surface area contributed by atoms with Crippen molar-refractivity contribution in [1.29, 1.82) is 0 Å². The Balaban J connectivity index is 4.11. The van der Waals surface area contributed by atoms with E-state index in [0.29, 0.717) is 17.4 Å². The molecule has 0 heterocycles. The highest BCUT2D eigenvalue weighted by atomic mass is 16.7. The standard InChI is InChI=1S/C78H133NO8/c1-6-8-10-12-14-16-18-20-22-24-26-28-30-32-34-36-38-40-42-44-46-48-50-52-54-56-58-60-62-64-66-68-75(80)85-72-74(73-86-78(77(82)83)84-71-70-79(3,4)5)87-76(81)69-67-65-63-61-59-57-55-53-51-49-47-45-43-41-39-37-35-33-31-29-27-25-23-21-19-17-15-13-11-9-7-2/h8-11,14-17,20-23,26-29,33,35,39,41,74,78H,6-7,12-13,18-19,24-25,30-32,34,36-38,40,42-73H2,1-5H3/b10-8-,11-9-,16-14-,17-15-,22-20-,23-21-,28-26-,29-27-,35-33-,41-39-. The fourth-order valence-corrected chi connectivity index (χ4v) is 9.83. The van der Waals surface area contributed by atoms with E-state index in [-0.39, 0.29) is 38.6 Å². The van der Waals surface area contributed by atoms with Crippen LogP contribution >= 0.6 is 0 Å². The van der Waals surface area contributed by atoms with E-state index >= 15 is 0 Å². The molecule has 87 heavy (non-hydrogen) atoms. The van der Waals surface area contributed by atoms with Crippen LogP contribution in [0.3, 0.4) is 0 Å². The first-order valence-corrected chi connectivity index (χ1v) is 35.7. The molecule has 9 nitrogen and oxygen atoms in total. The van der Waals surface area contributed by atoms with E-state index in [1.807, 2.05) is 21.1 Å². The molecule has 0 aromatic rings. The zero-order chi connectivity index (χ0) is 63.3. The maximum Gasteiger partial charge on any atom is 0.306 e. The van der Waals surface area contributed by atoms with Gasteiger partial charge >= 0.3 is 11.9 Å². The lowest BCUT2D eigenvalue weighted by molar-refractivity contribution is -0.870. The number of quaternary nitrogens is 1. The van der Waals surface area contributed by atoms with E-state index in [9.17, 15) is 19.5 Å². The number of hydrogen-bond acceptors (Lipinski definition) is 8. The van der Waals surface area contributed by atoms with Crippen molar-refractivity contribution in [2.24, 2.45) is 0 Å². The Labute approximate surface area is 536 Å². The average Bonchev–Trinajstić information content (AvgIpc) is 3.56. The fraction of sp³-hybridized carbons (Fsp3) is 0.705. The second kappa shape index (κ2) is 67.6. The van der Waals surface area contributed by atoms with Gasteiger partial charge in [0.2, 0.25) is 0 Å². The SMILES string of the molecule is CC/C=C\C/C=C\C/C=C\C/C=C\C/C=C\C/C=C\CCCCCCCCCCCCCCC(=O)OC(COC(=O)CCCCCCCCCCCCCCCCCCCC/C=C\C/C=C\C/C=C\C/C=C\CC)COC(OCC[N+](C)(C)C)C(=O)[O-]. The van der Waals surface area contributed by atoms with Crippen molar-refractivity contribution in [3.8, 4) is 0 Å². The summed E-state index contributed by atoms with van der Waals surface area (Å²) in [6.45, 7) is 4.54. The van der Waals surface area contributed by atoms with Gasteiger partial charge in [0, 0.05) is 12.8 Å². The van der Waals surface area contributed by atoms with Crippen LogP contribution in [0.5, 0.6) is 0 Å². The molecule has 0 rings (SSSR count). The van der Waals surface area contributed by atoms with Crippen LogP contribution in [0.15, 0.2) is 122 Å². The summed E-state index contributed by atoms with van der Waals surface area (Å²) >= 11 is 0. The lowest BCUT2D eigenvalue weighted by Crippen LogP contribution is -2.44. The van der Waals surface area contributed by atoms with Gasteiger partial charge in [0.05, 0.1) is 40.3 Å². The molecule has 0 spiro atoms. The van der Waals surface area contributed by atoms with Crippen LogP contribution in [0.2, 0.25) is 0 Å². The molecule has 0 radical (unpaired) electrons. The smallest absolute Gasteiger partial charge is 0.306 e. The highest BCUT2D eigenvalue weighted by Crippen LogP contribution is 2.17. The number of esters is 2. The number of nitrogens with zero attached hydrogens (tertiary/aromatic N) is 1. The number of carbonyl (C=O) groups excluding carboxylic acids is 3. The molecular formula is C78H133NO8. The maximum absolute atomic E-state index is 12.9. The van der Waals surface area contributed by atoms with Gasteiger partial charge in [-0.2, -0.15) is 0 Å². The summed E-state index contributed by atoms with van der Waals surface area (Å²) in [7, 11) is 5.93. The third-order valence-corrected chi connectivity index (χ3v) is 15.2. The second-order valence-corrected chi connectivity index (χ2v) is 24.8. The molecule has 0 aromatic carbocycles. The normalized spacial score (nSPS) is 13.4. The quantitative estimate of drug-likeness (QED) is 0.0195. The highest BCUT2D eigenvalue weighted by molar-refractivity contribution is 5.70. The van der Waals surface area contributed by atoms with E-state index in [2.05, 4.69) is 135 Å². The molecule has 2 unspecified atom stereocenters. The lowest BCUT2D eigenvalue weighted by atomic mass is 10.0. The number of carbonyl (C=O) groups is 3. The average molecular weight is 1210 g/mol. The second-order valence-electron chi connectivity index (χ2n) is 24.8. The highest BCUT2D eigenvalue weighted by Gasteiger charge is 2.22. The van der Waals surface area contributed by atoms with Crippen molar-refractivity contribution in [2.75, 3.05) is 47.5 Å². The van der Waals surface area contributed by atoms with Gasteiger partial charge in [0.15, 0.2) is 12.4 Å². The molecule has 0 aliphatic carbocycles. The van der Waals surface area contributed by atoms with Crippen molar-refractivity contribution in [1.82, 2.24) is 0 Å². The van der Waals surface area contributed by atoms with Crippen molar-refractivity contribution in [3.05, 3.63) is 122 Å². The van der Waals surface area contributed by atoms with Crippen molar-refractivity contribution in [2.45, 2.75) is 309 Å². The summed E-state index contributed by atoms with van der Waals surface area (Å²) in [5.41, 5.74) is 0. The molecular weight excluding hydrogens is 1080 g/mol. The maximum atomic E-state index is 12.9. The summed E-state index contributed by atoms with van der Waals surface area (Å²) in [6, 6.07) is 0. The van der Waals surface area contributed by atoms with Gasteiger partial charge in [0.1, 0.15) is 13.2 Å². The summed E-state index contributed by atoms with van der Waals surface area (Å²) in [5.74, 6) is -2.28. The Morgan fingerprint density at radius 1 is 0.345 bits per heavy atom. The number of likely N-dealkylation sites (N-methyl/N-ethyl adjacent to an activating group) is 1. The molecule has 0 aliphatic rings. The van der Waals surface area contributed by atoms with E-state index in [1.165, 1.54) is 161 Å². The molecule has 0 fully saturated rings. The third kappa shape index (κ3) is 69.0. The Morgan fingerprint density at radius 2 is 0.621 bits per heavy atom. The molecule has 0 saturated carbocycles. The largest absolute Gasteiger partial charge is 0.545 e. The first-order valence-electron chi connectivity index (χ1n) is 35.7. The van der Waals surface area contributed by atoms with Crippen LogP contribution in [0.4, 0.5) is 0 Å². The molecule has 0 bridgehead atoms. The Bertz CT molecular complexity index is 1840. The predicted molar refractivity (Wildman–Crippen MR) is 370 cm³/mol. The fourth-order valence-electron chi connectivity index (χ4n) is 9.83. The molecule has 2 atom stereocenters. The van der Waals surface area contributed by atoms with Crippen LogP contribution in [0.25, 0.3) is 0 Å². The molecule has 0 aromatic heterocycles. The molecule has 0 N–H and O–H groups in total. The first kappa shape index (κ1) is 82.7. The van der Waals surface area contributed by atoms with Crippen LogP contribution in [-0.4, -0.2) is 82.3 Å². The zero-order valence-electron chi connectivity index (χ0n) is 56.9. The van der Waals surface area contributed by atoms with Crippen LogP contribution in [-0.2, 0) is 33.3 Å². The zero-order valence-corrected chi connectivity index (χ0v) is 56.9. The van der Waals surface area contributed by atoms with Gasteiger partial charge in [-0.3, -0.25) is 9.59 Å². The molecule has 0 amide bonds. The summed E-state index contributed by atoms with van der Waals surface area (Å²) < 4.78 is 22.8. The number of carboxylic acid groups (broad SMARTS) is 1. The van der Waals surface area contributed by atoms with Crippen molar-refractivity contribution < 1.29 is 42.9 Å². The number of allylic oxidation sites excluding steroid dienone is 20. The van der Waals surface area contributed by atoms with Gasteiger partial charge in [-0.1, -0.05) is 302 Å². The van der Waals surface area contributed by atoms with Gasteiger partial charge in [-0.15, -0.1) is 0 Å². The lowest BCUT2D eigenvalue weighted by Gasteiger charge is -2.26. The van der Waals surface area contributed by atoms with Gasteiger partial charge in [0.25, 0.3) is 0 Å². The van der Waals surface area contributed by atoms with E-state index in [4.69, 9.17) is 18.9 Å². The minimum atomic E-state index is -1.63. The minimum absolute atomic E-state index is 0.144. The number of carboxylic acids is 1. The van der Waals surface area contributed by atoms with Crippen LogP contribution < -0.4 is 5.11 Å². The molecule has 498 valence electrons. The minimum Gasteiger partial charge on any atom is -0.545 e. The molecule has 0 aliphatic heterocycles. The van der Waals surface area contributed by atoms with E-state index in [1.54, 1.807) is 0 Å². The van der Waals surface area contributed by atoms with Gasteiger partial charge < -0.3 is 33.3 Å². The van der Waals surface area contributed by atoms with Crippen LogP contribution in [0, 0.1) is 0 Å². The Morgan fingerprint density at radius 3 is 0.920 bits per heavy atom. The number of hydrogen-bond donors (Lipinski definition) is 0. The first-order chi connectivity index (χ1) is 42.6. The van der Waals surface area contributed by atoms with Gasteiger partial charge in [-0.25, -0.2) is 0 Å². The van der Waals surface area contributed by atoms with E-state index < -0.39 is 24.3 Å². The summed E-state index contributed by atoms with van der Waals surface area (Å²) in [4.78, 5) is 37.5. The molecule has 9 heteroatoms. The predicted octanol–water partition coefficient (Wildman–Crippen LogP) is 21.0. The Kier molecular flexibility index (Phi) is 64.3. The van der Waals surface area contributed by atoms with Crippen LogP contribution in [0.1, 0.15) is 296 Å². The third-order valence-electron chi connectivity index (χ3n) is 15.2. The monoisotopic (exact) mass is 1210 g/mol. The number of rotatable bonds is 65. The summed E-state index contributed by atoms with van der Waals surface area (Å²) in [6.07, 6.45) is 92.8. The van der Waals surface area contributed by atoms with Crippen molar-refractivity contribution >= 4 is 17.9 Å². The van der Waals surface area contributed by atoms with Gasteiger partial charge in [-0.05, 0) is 103 Å². The topological polar surface area (TPSA) is 111 Å². The van der Waals surface area contributed by atoms with Crippen molar-refractivity contribution in [3.63, 3.8) is 0 Å².